The van der Waals surface area contributed by atoms with Gasteiger partial charge in [-0.05, 0) is 67.2 Å². The molecule has 182 valence electrons. The molecule has 0 aliphatic carbocycles. The minimum absolute atomic E-state index is 0.0346. The van der Waals surface area contributed by atoms with E-state index in [1.54, 1.807) is 37.8 Å². The fraction of sp³-hybridized carbons (Fsp3) is 0.400. The summed E-state index contributed by atoms with van der Waals surface area (Å²) in [6.07, 6.45) is -0.471. The first-order valence-electron chi connectivity index (χ1n) is 11.0. The van der Waals surface area contributed by atoms with Crippen molar-refractivity contribution in [3.05, 3.63) is 63.9 Å². The summed E-state index contributed by atoms with van der Waals surface area (Å²) in [5.74, 6) is -1.66. The Morgan fingerprint density at radius 2 is 1.74 bits per heavy atom. The molecule has 2 aromatic rings. The Hall–Kier alpha value is -2.94. The van der Waals surface area contributed by atoms with Gasteiger partial charge in [0.05, 0.1) is 11.3 Å². The van der Waals surface area contributed by atoms with Crippen LogP contribution in [-0.4, -0.2) is 41.6 Å². The standard InChI is InChI=1S/C25H28BrFN2O5/c1-25(2,3)34-24(32)29-13-11-17(12-14-29)22(30)20-18(26)9-10-19(21(20)27)28-23(31)33-15-16-7-5-4-6-8-16/h4-10,17H,11-15H2,1-3H3,(H,28,31). The molecule has 1 saturated heterocycles. The number of nitrogens with zero attached hydrogens (tertiary/aromatic N) is 1. The molecule has 1 fully saturated rings. The number of rotatable bonds is 5. The van der Waals surface area contributed by atoms with Crippen molar-refractivity contribution in [2.45, 2.75) is 45.8 Å². The maximum absolute atomic E-state index is 15.2. The topological polar surface area (TPSA) is 84.9 Å². The highest BCUT2D eigenvalue weighted by atomic mass is 79.9. The van der Waals surface area contributed by atoms with E-state index >= 15 is 4.39 Å². The van der Waals surface area contributed by atoms with Gasteiger partial charge in [0.15, 0.2) is 11.6 Å². The van der Waals surface area contributed by atoms with Gasteiger partial charge in [-0.3, -0.25) is 10.1 Å². The number of piperidine rings is 1. The number of halogens is 2. The molecule has 3 rings (SSSR count). The number of nitrogens with one attached hydrogen (secondary N) is 1. The SMILES string of the molecule is CC(C)(C)OC(=O)N1CCC(C(=O)c2c(Br)ccc(NC(=O)OCc3ccccc3)c2F)CC1. The van der Waals surface area contributed by atoms with Gasteiger partial charge in [-0.15, -0.1) is 0 Å². The van der Waals surface area contributed by atoms with Crippen LogP contribution < -0.4 is 5.32 Å². The van der Waals surface area contributed by atoms with Crippen LogP contribution >= 0.6 is 15.9 Å². The highest BCUT2D eigenvalue weighted by Crippen LogP contribution is 2.31. The largest absolute Gasteiger partial charge is 0.444 e. The normalized spacial score (nSPS) is 14.4. The molecule has 0 spiro atoms. The van der Waals surface area contributed by atoms with Crippen molar-refractivity contribution < 1.29 is 28.2 Å². The summed E-state index contributed by atoms with van der Waals surface area (Å²) >= 11 is 3.25. The van der Waals surface area contributed by atoms with E-state index in [1.807, 2.05) is 18.2 Å². The third kappa shape index (κ3) is 6.79. The maximum Gasteiger partial charge on any atom is 0.412 e. The molecule has 7 nitrogen and oxygen atoms in total. The second kappa shape index (κ2) is 11.0. The van der Waals surface area contributed by atoms with Crippen molar-refractivity contribution in [2.75, 3.05) is 18.4 Å². The lowest BCUT2D eigenvalue weighted by Gasteiger charge is -2.33. The molecule has 0 saturated carbocycles. The summed E-state index contributed by atoms with van der Waals surface area (Å²) in [5.41, 5.74) is -0.0807. The Bertz CT molecular complexity index is 1050. The quantitative estimate of drug-likeness (QED) is 0.463. The number of carbonyl (C=O) groups is 3. The minimum atomic E-state index is -0.828. The zero-order valence-corrected chi connectivity index (χ0v) is 21.0. The van der Waals surface area contributed by atoms with Gasteiger partial charge in [-0.25, -0.2) is 14.0 Å². The van der Waals surface area contributed by atoms with Crippen molar-refractivity contribution in [3.63, 3.8) is 0 Å². The fourth-order valence-corrected chi connectivity index (χ4v) is 4.10. The number of benzene rings is 2. The molecular formula is C25H28BrFN2O5. The number of likely N-dealkylation sites (tertiary alicyclic amines) is 1. The Morgan fingerprint density at radius 1 is 1.09 bits per heavy atom. The van der Waals surface area contributed by atoms with Crippen LogP contribution in [0.3, 0.4) is 0 Å². The van der Waals surface area contributed by atoms with Gasteiger partial charge in [0.2, 0.25) is 0 Å². The lowest BCUT2D eigenvalue weighted by Crippen LogP contribution is -2.43. The molecule has 1 aliphatic rings. The Morgan fingerprint density at radius 3 is 2.35 bits per heavy atom. The van der Waals surface area contributed by atoms with Gasteiger partial charge in [0, 0.05) is 23.5 Å². The van der Waals surface area contributed by atoms with Crippen LogP contribution in [0.1, 0.15) is 49.5 Å². The first-order valence-corrected chi connectivity index (χ1v) is 11.8. The second-order valence-electron chi connectivity index (χ2n) is 9.08. The number of amides is 2. The molecular weight excluding hydrogens is 507 g/mol. The summed E-state index contributed by atoms with van der Waals surface area (Å²) in [6, 6.07) is 12.0. The average Bonchev–Trinajstić information content (AvgIpc) is 2.79. The van der Waals surface area contributed by atoms with Crippen LogP contribution in [-0.2, 0) is 16.1 Å². The van der Waals surface area contributed by atoms with Crippen LogP contribution in [0.2, 0.25) is 0 Å². The average molecular weight is 535 g/mol. The monoisotopic (exact) mass is 534 g/mol. The number of ketones is 1. The highest BCUT2D eigenvalue weighted by molar-refractivity contribution is 9.10. The Balaban J connectivity index is 1.63. The molecule has 9 heteroatoms. The van der Waals surface area contributed by atoms with Crippen molar-refractivity contribution in [2.24, 2.45) is 5.92 Å². The number of hydrogen-bond donors (Lipinski definition) is 1. The van der Waals surface area contributed by atoms with Crippen LogP contribution in [0.5, 0.6) is 0 Å². The lowest BCUT2D eigenvalue weighted by molar-refractivity contribution is 0.0182. The molecule has 1 N–H and O–H groups in total. The molecule has 2 amide bonds. The van der Waals surface area contributed by atoms with Crippen molar-refractivity contribution in [1.29, 1.82) is 0 Å². The number of hydrogen-bond acceptors (Lipinski definition) is 5. The molecule has 0 atom stereocenters. The predicted octanol–water partition coefficient (Wildman–Crippen LogP) is 6.17. The van der Waals surface area contributed by atoms with Gasteiger partial charge < -0.3 is 14.4 Å². The summed E-state index contributed by atoms with van der Waals surface area (Å²) in [7, 11) is 0. The van der Waals surface area contributed by atoms with E-state index in [0.29, 0.717) is 30.4 Å². The zero-order valence-electron chi connectivity index (χ0n) is 19.4. The number of anilines is 1. The molecule has 0 bridgehead atoms. The smallest absolute Gasteiger partial charge is 0.412 e. The van der Waals surface area contributed by atoms with E-state index in [-0.39, 0.29) is 23.6 Å². The van der Waals surface area contributed by atoms with E-state index in [4.69, 9.17) is 9.47 Å². The van der Waals surface area contributed by atoms with E-state index in [9.17, 15) is 14.4 Å². The first-order chi connectivity index (χ1) is 16.0. The summed E-state index contributed by atoms with van der Waals surface area (Å²) in [6.45, 7) is 6.09. The third-order valence-corrected chi connectivity index (χ3v) is 5.97. The van der Waals surface area contributed by atoms with Crippen LogP contribution in [0.15, 0.2) is 46.9 Å². The molecule has 1 aliphatic heterocycles. The Labute approximate surface area is 206 Å². The fourth-order valence-electron chi connectivity index (χ4n) is 3.60. The van der Waals surface area contributed by atoms with E-state index in [0.717, 1.165) is 5.56 Å². The number of ether oxygens (including phenoxy) is 2. The predicted molar refractivity (Wildman–Crippen MR) is 129 cm³/mol. The van der Waals surface area contributed by atoms with E-state index < -0.39 is 29.5 Å². The summed E-state index contributed by atoms with van der Waals surface area (Å²) in [5, 5.41) is 2.37. The molecule has 0 radical (unpaired) electrons. The first kappa shape index (κ1) is 25.7. The van der Waals surface area contributed by atoms with Gasteiger partial charge in [0.1, 0.15) is 12.2 Å². The van der Waals surface area contributed by atoms with Crippen molar-refractivity contribution >= 4 is 39.6 Å². The van der Waals surface area contributed by atoms with Gasteiger partial charge in [0.25, 0.3) is 0 Å². The lowest BCUT2D eigenvalue weighted by atomic mass is 9.88. The van der Waals surface area contributed by atoms with Crippen molar-refractivity contribution in [3.8, 4) is 0 Å². The van der Waals surface area contributed by atoms with Gasteiger partial charge in [-0.1, -0.05) is 30.3 Å². The van der Waals surface area contributed by atoms with Gasteiger partial charge in [-0.2, -0.15) is 0 Å². The molecule has 1 heterocycles. The third-order valence-electron chi connectivity index (χ3n) is 5.30. The van der Waals surface area contributed by atoms with Gasteiger partial charge >= 0.3 is 12.2 Å². The van der Waals surface area contributed by atoms with Crippen LogP contribution in [0, 0.1) is 11.7 Å². The summed E-state index contributed by atoms with van der Waals surface area (Å²) < 4.78 is 26.1. The van der Waals surface area contributed by atoms with E-state index in [1.165, 1.54) is 12.1 Å². The number of carbonyl (C=O) groups excluding carboxylic acids is 3. The highest BCUT2D eigenvalue weighted by Gasteiger charge is 2.32. The van der Waals surface area contributed by atoms with Crippen LogP contribution in [0.25, 0.3) is 0 Å². The van der Waals surface area contributed by atoms with Crippen molar-refractivity contribution in [1.82, 2.24) is 4.90 Å². The molecule has 0 unspecified atom stereocenters. The second-order valence-corrected chi connectivity index (χ2v) is 9.93. The summed E-state index contributed by atoms with van der Waals surface area (Å²) in [4.78, 5) is 39.1. The van der Waals surface area contributed by atoms with Crippen LogP contribution in [0.4, 0.5) is 19.7 Å². The molecule has 2 aromatic carbocycles. The Kier molecular flexibility index (Phi) is 8.30. The minimum Gasteiger partial charge on any atom is -0.444 e. The molecule has 0 aromatic heterocycles. The maximum atomic E-state index is 15.2. The van der Waals surface area contributed by atoms with E-state index in [2.05, 4.69) is 21.2 Å². The zero-order chi connectivity index (χ0) is 24.9. The number of Topliss-reactive ketones (excluding diaryl/α,β-unsaturated/α-hetero) is 1. The molecule has 34 heavy (non-hydrogen) atoms.